The summed E-state index contributed by atoms with van der Waals surface area (Å²) in [5.74, 6) is 1.40. The maximum atomic E-state index is 12.8. The fourth-order valence-electron chi connectivity index (χ4n) is 4.55. The Bertz CT molecular complexity index is 1020. The lowest BCUT2D eigenvalue weighted by Gasteiger charge is -2.33. The Morgan fingerprint density at radius 1 is 1.24 bits per heavy atom. The summed E-state index contributed by atoms with van der Waals surface area (Å²) in [6.45, 7) is 6.52. The number of imide groups is 1. The highest BCUT2D eigenvalue weighted by molar-refractivity contribution is 6.08. The Labute approximate surface area is 194 Å². The molecule has 176 valence electrons. The number of nitrogens with one attached hydrogen (secondary N) is 2. The molecule has 4 amide bonds. The van der Waals surface area contributed by atoms with Crippen molar-refractivity contribution in [2.45, 2.75) is 71.3 Å². The van der Waals surface area contributed by atoms with E-state index < -0.39 is 17.5 Å². The highest BCUT2D eigenvalue weighted by Gasteiger charge is 2.52. The van der Waals surface area contributed by atoms with E-state index in [-0.39, 0.29) is 18.7 Å². The van der Waals surface area contributed by atoms with Gasteiger partial charge >= 0.3 is 6.03 Å². The molecular formula is C25H32N4O4. The van der Waals surface area contributed by atoms with Gasteiger partial charge in [0, 0.05) is 18.4 Å². The van der Waals surface area contributed by atoms with Crippen LogP contribution in [0.5, 0.6) is 0 Å². The lowest BCUT2D eigenvalue weighted by atomic mass is 9.77. The number of carbonyl (C=O) groups excluding carboxylic acids is 3. The van der Waals surface area contributed by atoms with Gasteiger partial charge in [-0.1, -0.05) is 45.0 Å². The van der Waals surface area contributed by atoms with Gasteiger partial charge in [0.05, 0.1) is 6.20 Å². The minimum atomic E-state index is -0.876. The summed E-state index contributed by atoms with van der Waals surface area (Å²) in [6, 6.07) is 7.62. The number of hydrogen-bond acceptors (Lipinski definition) is 5. The van der Waals surface area contributed by atoms with E-state index in [2.05, 4.69) is 48.6 Å². The summed E-state index contributed by atoms with van der Waals surface area (Å²) in [5.41, 5.74) is 3.78. The molecule has 1 saturated heterocycles. The van der Waals surface area contributed by atoms with E-state index in [4.69, 9.17) is 4.42 Å². The van der Waals surface area contributed by atoms with Crippen LogP contribution >= 0.6 is 0 Å². The third-order valence-corrected chi connectivity index (χ3v) is 6.53. The molecule has 4 rings (SSSR count). The largest absolute Gasteiger partial charge is 0.441 e. The first-order valence-electron chi connectivity index (χ1n) is 11.8. The van der Waals surface area contributed by atoms with Gasteiger partial charge in [0.25, 0.3) is 5.91 Å². The molecule has 8 nitrogen and oxygen atoms in total. The number of carbonyl (C=O) groups is 3. The van der Waals surface area contributed by atoms with E-state index in [1.54, 1.807) is 6.20 Å². The Balaban J connectivity index is 1.30. The van der Waals surface area contributed by atoms with E-state index in [0.29, 0.717) is 36.3 Å². The van der Waals surface area contributed by atoms with Crippen LogP contribution in [0.2, 0.25) is 0 Å². The highest BCUT2D eigenvalue weighted by Crippen LogP contribution is 2.35. The first-order chi connectivity index (χ1) is 15.8. The molecule has 2 heterocycles. The summed E-state index contributed by atoms with van der Waals surface area (Å²) < 4.78 is 5.80. The van der Waals surface area contributed by atoms with Crippen LogP contribution in [0.4, 0.5) is 4.79 Å². The zero-order chi connectivity index (χ0) is 23.6. The number of hydrazine groups is 1. The van der Waals surface area contributed by atoms with Crippen LogP contribution in [0, 0.1) is 11.8 Å². The number of oxazole rings is 1. The van der Waals surface area contributed by atoms with Crippen molar-refractivity contribution in [1.82, 2.24) is 20.7 Å². The molecule has 0 radical (unpaired) electrons. The minimum Gasteiger partial charge on any atom is -0.441 e. The number of aryl methyl sites for hydroxylation is 1. The maximum Gasteiger partial charge on any atom is 0.344 e. The molecule has 0 bridgehead atoms. The van der Waals surface area contributed by atoms with Gasteiger partial charge < -0.3 is 9.73 Å². The van der Waals surface area contributed by atoms with Crippen molar-refractivity contribution in [3.05, 3.63) is 41.9 Å². The van der Waals surface area contributed by atoms with Gasteiger partial charge in [-0.2, -0.15) is 5.01 Å². The number of aromatic nitrogens is 1. The van der Waals surface area contributed by atoms with Gasteiger partial charge in [0.2, 0.25) is 5.91 Å². The fraction of sp³-hybridized carbons (Fsp3) is 0.520. The van der Waals surface area contributed by atoms with Crippen molar-refractivity contribution in [3.8, 4) is 11.3 Å². The predicted octanol–water partition coefficient (Wildman–Crippen LogP) is 4.00. The van der Waals surface area contributed by atoms with Gasteiger partial charge in [0.15, 0.2) is 11.7 Å². The number of urea groups is 1. The average Bonchev–Trinajstić information content (AvgIpc) is 3.34. The summed E-state index contributed by atoms with van der Waals surface area (Å²) in [5, 5.41) is 3.63. The molecule has 2 aliphatic rings. The van der Waals surface area contributed by atoms with Crippen LogP contribution < -0.4 is 10.7 Å². The third-order valence-electron chi connectivity index (χ3n) is 6.53. The summed E-state index contributed by atoms with van der Waals surface area (Å²) in [7, 11) is 0. The molecule has 1 spiro atoms. The van der Waals surface area contributed by atoms with Crippen LogP contribution in [0.25, 0.3) is 11.3 Å². The van der Waals surface area contributed by atoms with E-state index in [1.165, 1.54) is 5.56 Å². The lowest BCUT2D eigenvalue weighted by molar-refractivity contribution is -0.140. The molecule has 1 aromatic heterocycles. The Morgan fingerprint density at radius 2 is 1.94 bits per heavy atom. The number of hydrogen-bond donors (Lipinski definition) is 2. The molecule has 1 aliphatic heterocycles. The average molecular weight is 453 g/mol. The monoisotopic (exact) mass is 452 g/mol. The molecule has 2 fully saturated rings. The van der Waals surface area contributed by atoms with Gasteiger partial charge in [-0.25, -0.2) is 9.78 Å². The standard InChI is InChI=1S/C25H32N4O4/c1-16(2)14-18-4-6-19(7-5-18)20-15-26-22(33-20)9-8-21(30)28-29-23(31)25(27-24(29)32)12-10-17(3)11-13-25/h4-7,15-17H,8-14H2,1-3H3,(H,27,32)(H,28,30). The zero-order valence-corrected chi connectivity index (χ0v) is 19.5. The SMILES string of the molecule is CC(C)Cc1ccc(-c2cnc(CCC(=O)NN3C(=O)NC4(CCC(C)CC4)C3=O)o2)cc1. The van der Waals surface area contributed by atoms with Crippen molar-refractivity contribution >= 4 is 17.8 Å². The number of rotatable bonds is 7. The maximum absolute atomic E-state index is 12.8. The van der Waals surface area contributed by atoms with Gasteiger partial charge in [-0.05, 0) is 49.5 Å². The van der Waals surface area contributed by atoms with Gasteiger partial charge in [0.1, 0.15) is 5.54 Å². The molecule has 8 heteroatoms. The van der Waals surface area contributed by atoms with Crippen LogP contribution in [0.15, 0.2) is 34.9 Å². The third kappa shape index (κ3) is 5.10. The number of nitrogens with zero attached hydrogens (tertiary/aromatic N) is 2. The van der Waals surface area contributed by atoms with Crippen LogP contribution in [0.1, 0.15) is 64.3 Å². The van der Waals surface area contributed by atoms with Gasteiger partial charge in [-0.15, -0.1) is 0 Å². The first kappa shape index (κ1) is 23.0. The molecule has 1 saturated carbocycles. The van der Waals surface area contributed by atoms with Crippen molar-refractivity contribution in [2.75, 3.05) is 0 Å². The van der Waals surface area contributed by atoms with Crippen molar-refractivity contribution in [2.24, 2.45) is 11.8 Å². The van der Waals surface area contributed by atoms with E-state index in [9.17, 15) is 14.4 Å². The van der Waals surface area contributed by atoms with Crippen LogP contribution in [-0.4, -0.2) is 33.4 Å². The Hall–Kier alpha value is -3.16. The molecular weight excluding hydrogens is 420 g/mol. The topological polar surface area (TPSA) is 105 Å². The molecule has 0 unspecified atom stereocenters. The minimum absolute atomic E-state index is 0.0500. The summed E-state index contributed by atoms with van der Waals surface area (Å²) in [6.07, 6.45) is 5.94. The number of benzene rings is 1. The molecule has 2 aromatic rings. The molecule has 1 aliphatic carbocycles. The second-order valence-corrected chi connectivity index (χ2v) is 9.78. The van der Waals surface area contributed by atoms with Crippen molar-refractivity contribution in [1.29, 1.82) is 0 Å². The van der Waals surface area contributed by atoms with E-state index >= 15 is 0 Å². The van der Waals surface area contributed by atoms with E-state index in [0.717, 1.165) is 29.8 Å². The lowest BCUT2D eigenvalue weighted by Crippen LogP contribution is -2.51. The van der Waals surface area contributed by atoms with E-state index in [1.807, 2.05) is 12.1 Å². The second-order valence-electron chi connectivity index (χ2n) is 9.78. The van der Waals surface area contributed by atoms with Crippen molar-refractivity contribution < 1.29 is 18.8 Å². The molecule has 2 N–H and O–H groups in total. The summed E-state index contributed by atoms with van der Waals surface area (Å²) in [4.78, 5) is 41.9. The fourth-order valence-corrected chi connectivity index (χ4v) is 4.55. The Morgan fingerprint density at radius 3 is 2.61 bits per heavy atom. The predicted molar refractivity (Wildman–Crippen MR) is 123 cm³/mol. The second kappa shape index (κ2) is 9.37. The molecule has 33 heavy (non-hydrogen) atoms. The Kier molecular flexibility index (Phi) is 6.54. The summed E-state index contributed by atoms with van der Waals surface area (Å²) >= 11 is 0. The van der Waals surface area contributed by atoms with Crippen molar-refractivity contribution in [3.63, 3.8) is 0 Å². The number of amides is 4. The normalized spacial score (nSPS) is 22.8. The molecule has 0 atom stereocenters. The van der Waals surface area contributed by atoms with Crippen LogP contribution in [-0.2, 0) is 22.4 Å². The first-order valence-corrected chi connectivity index (χ1v) is 11.8. The smallest absolute Gasteiger partial charge is 0.344 e. The quantitative estimate of drug-likeness (QED) is 0.618. The van der Waals surface area contributed by atoms with Crippen LogP contribution in [0.3, 0.4) is 0 Å². The molecule has 1 aromatic carbocycles. The highest BCUT2D eigenvalue weighted by atomic mass is 16.4. The zero-order valence-electron chi connectivity index (χ0n) is 19.5. The van der Waals surface area contributed by atoms with Gasteiger partial charge in [-0.3, -0.25) is 15.0 Å².